The van der Waals surface area contributed by atoms with Gasteiger partial charge in [-0.2, -0.15) is 0 Å². The Kier molecular flexibility index (Phi) is 7.01. The van der Waals surface area contributed by atoms with Crippen LogP contribution in [-0.4, -0.2) is 45.1 Å². The number of nitrogens with zero attached hydrogens (tertiary/aromatic N) is 1. The minimum atomic E-state index is -4.16. The van der Waals surface area contributed by atoms with Crippen molar-refractivity contribution in [2.45, 2.75) is 4.90 Å². The quantitative estimate of drug-likeness (QED) is 0.247. The molecule has 0 unspecified atom stereocenters. The number of nitrogens with one attached hydrogen (secondary N) is 2. The smallest absolute Gasteiger partial charge is 0.340 e. The van der Waals surface area contributed by atoms with Crippen LogP contribution in [0.5, 0.6) is 11.5 Å². The van der Waals surface area contributed by atoms with Crippen molar-refractivity contribution < 1.29 is 45.4 Å². The lowest BCUT2D eigenvalue weighted by molar-refractivity contribution is -0.119. The predicted molar refractivity (Wildman–Crippen MR) is 133 cm³/mol. The molecule has 2 heterocycles. The summed E-state index contributed by atoms with van der Waals surface area (Å²) in [6, 6.07) is 10.4. The van der Waals surface area contributed by atoms with Gasteiger partial charge in [-0.1, -0.05) is 23.5 Å². The topological polar surface area (TPSA) is 133 Å². The van der Waals surface area contributed by atoms with E-state index in [1.54, 1.807) is 0 Å². The molecule has 1 aromatic heterocycles. The number of fused-ring (bicyclic) bond motifs is 2. The summed E-state index contributed by atoms with van der Waals surface area (Å²) in [6.45, 7) is -0.216. The molecule has 10 nitrogen and oxygen atoms in total. The summed E-state index contributed by atoms with van der Waals surface area (Å²) in [5.41, 5.74) is -0.756. The number of halogens is 3. The van der Waals surface area contributed by atoms with Crippen molar-refractivity contribution in [3.8, 4) is 11.5 Å². The molecule has 0 atom stereocenters. The predicted octanol–water partition coefficient (Wildman–Crippen LogP) is 4.08. The highest BCUT2D eigenvalue weighted by Crippen LogP contribution is 2.33. The van der Waals surface area contributed by atoms with E-state index in [1.807, 2.05) is 0 Å². The molecule has 0 fully saturated rings. The molecular formula is C24H16F3N3O7S2. The Morgan fingerprint density at radius 3 is 2.54 bits per heavy atom. The number of sulfonamides is 1. The van der Waals surface area contributed by atoms with Gasteiger partial charge in [0.15, 0.2) is 40.7 Å². The molecule has 39 heavy (non-hydrogen) atoms. The number of ether oxygens (including phenoxy) is 3. The zero-order valence-electron chi connectivity index (χ0n) is 19.5. The maximum absolute atomic E-state index is 13.9. The van der Waals surface area contributed by atoms with Crippen LogP contribution >= 0.6 is 11.3 Å². The van der Waals surface area contributed by atoms with Gasteiger partial charge in [0, 0.05) is 6.07 Å². The molecule has 5 rings (SSSR count). The summed E-state index contributed by atoms with van der Waals surface area (Å²) in [6.07, 6.45) is 0. The zero-order valence-corrected chi connectivity index (χ0v) is 21.1. The van der Waals surface area contributed by atoms with Crippen LogP contribution in [0.3, 0.4) is 0 Å². The van der Waals surface area contributed by atoms with E-state index in [0.29, 0.717) is 23.7 Å². The fourth-order valence-electron chi connectivity index (χ4n) is 3.54. The van der Waals surface area contributed by atoms with Crippen LogP contribution in [0.15, 0.2) is 53.4 Å². The SMILES string of the molecule is O=C(COC(=O)c1ccccc1NS(=O)(=O)c1ccc2c(c1)OCCO2)Nc1nc2c(F)c(F)c(F)cc2s1. The maximum Gasteiger partial charge on any atom is 0.340 e. The van der Waals surface area contributed by atoms with E-state index in [2.05, 4.69) is 15.0 Å². The number of hydrogen-bond acceptors (Lipinski definition) is 9. The maximum atomic E-state index is 13.9. The van der Waals surface area contributed by atoms with Crippen LogP contribution in [0.4, 0.5) is 24.0 Å². The van der Waals surface area contributed by atoms with Gasteiger partial charge in [0.2, 0.25) is 0 Å². The molecule has 1 aliphatic heterocycles. The summed E-state index contributed by atoms with van der Waals surface area (Å²) in [5.74, 6) is -5.83. The van der Waals surface area contributed by atoms with Crippen molar-refractivity contribution in [3.05, 3.63) is 71.5 Å². The third-order valence-corrected chi connectivity index (χ3v) is 7.60. The first-order valence-electron chi connectivity index (χ1n) is 11.0. The van der Waals surface area contributed by atoms with Gasteiger partial charge in [0.25, 0.3) is 15.9 Å². The number of carbonyl (C=O) groups is 2. The third-order valence-electron chi connectivity index (χ3n) is 5.32. The molecule has 0 aliphatic carbocycles. The number of anilines is 2. The monoisotopic (exact) mass is 579 g/mol. The molecule has 0 radical (unpaired) electrons. The van der Waals surface area contributed by atoms with E-state index in [-0.39, 0.29) is 38.3 Å². The van der Waals surface area contributed by atoms with Crippen molar-refractivity contribution >= 4 is 54.3 Å². The van der Waals surface area contributed by atoms with Crippen LogP contribution in [0, 0.1) is 17.5 Å². The van der Waals surface area contributed by atoms with Gasteiger partial charge in [0.1, 0.15) is 18.7 Å². The fraction of sp³-hybridized carbons (Fsp3) is 0.125. The highest BCUT2D eigenvalue weighted by Gasteiger charge is 2.23. The molecule has 4 aromatic rings. The average molecular weight is 580 g/mol. The minimum absolute atomic E-state index is 0.0436. The molecule has 3 aromatic carbocycles. The number of benzene rings is 3. The van der Waals surface area contributed by atoms with Crippen molar-refractivity contribution in [1.29, 1.82) is 0 Å². The number of hydrogen-bond donors (Lipinski definition) is 2. The Hall–Kier alpha value is -4.37. The number of para-hydroxylation sites is 1. The van der Waals surface area contributed by atoms with E-state index in [4.69, 9.17) is 14.2 Å². The Bertz CT molecular complexity index is 1730. The van der Waals surface area contributed by atoms with E-state index >= 15 is 0 Å². The highest BCUT2D eigenvalue weighted by molar-refractivity contribution is 7.92. The largest absolute Gasteiger partial charge is 0.486 e. The number of amides is 1. The van der Waals surface area contributed by atoms with Gasteiger partial charge in [-0.15, -0.1) is 0 Å². The van der Waals surface area contributed by atoms with Crippen molar-refractivity contribution in [1.82, 2.24) is 4.98 Å². The van der Waals surface area contributed by atoms with Gasteiger partial charge in [0.05, 0.1) is 20.8 Å². The summed E-state index contributed by atoms with van der Waals surface area (Å²) in [5, 5.41) is 2.07. The van der Waals surface area contributed by atoms with Crippen LogP contribution in [0.2, 0.25) is 0 Å². The van der Waals surface area contributed by atoms with Crippen LogP contribution in [0.1, 0.15) is 10.4 Å². The lowest BCUT2D eigenvalue weighted by atomic mass is 10.2. The standard InChI is InChI=1S/C24H16F3N3O7S2/c25-14-10-18-22(21(27)20(14)26)29-24(38-18)28-19(31)11-37-23(32)13-3-1-2-4-15(13)30-39(33,34)12-5-6-16-17(9-12)36-8-7-35-16/h1-6,9-10,30H,7-8,11H2,(H,28,29,31). The van der Waals surface area contributed by atoms with E-state index in [1.165, 1.54) is 42.5 Å². The van der Waals surface area contributed by atoms with Gasteiger partial charge in [-0.25, -0.2) is 31.4 Å². The molecule has 2 N–H and O–H groups in total. The molecule has 0 saturated heterocycles. The summed E-state index contributed by atoms with van der Waals surface area (Å²) >= 11 is 0.685. The second-order valence-electron chi connectivity index (χ2n) is 7.93. The van der Waals surface area contributed by atoms with Gasteiger partial charge in [-0.05, 0) is 30.3 Å². The molecule has 0 spiro atoms. The van der Waals surface area contributed by atoms with E-state index in [0.717, 1.165) is 6.07 Å². The third kappa shape index (κ3) is 5.44. The number of rotatable bonds is 7. The number of thiazole rings is 1. The Balaban J connectivity index is 1.26. The second-order valence-corrected chi connectivity index (χ2v) is 10.6. The van der Waals surface area contributed by atoms with Crippen LogP contribution < -0.4 is 19.5 Å². The molecule has 0 saturated carbocycles. The van der Waals surface area contributed by atoms with Crippen molar-refractivity contribution in [2.24, 2.45) is 0 Å². The minimum Gasteiger partial charge on any atom is -0.486 e. The summed E-state index contributed by atoms with van der Waals surface area (Å²) < 4.78 is 84.7. The second kappa shape index (κ2) is 10.4. The first kappa shape index (κ1) is 26.2. The fourth-order valence-corrected chi connectivity index (χ4v) is 5.54. The molecule has 15 heteroatoms. The molecule has 0 bridgehead atoms. The molecule has 202 valence electrons. The Labute approximate surface area is 222 Å². The lowest BCUT2D eigenvalue weighted by Crippen LogP contribution is -2.22. The summed E-state index contributed by atoms with van der Waals surface area (Å²) in [7, 11) is -4.16. The zero-order chi connectivity index (χ0) is 27.7. The molecule has 1 amide bonds. The normalized spacial score (nSPS) is 12.7. The Morgan fingerprint density at radius 1 is 1.00 bits per heavy atom. The lowest BCUT2D eigenvalue weighted by Gasteiger charge is -2.19. The Morgan fingerprint density at radius 2 is 1.74 bits per heavy atom. The van der Waals surface area contributed by atoms with Crippen molar-refractivity contribution in [3.63, 3.8) is 0 Å². The number of aromatic nitrogens is 1. The average Bonchev–Trinajstić information content (AvgIpc) is 3.32. The highest BCUT2D eigenvalue weighted by atomic mass is 32.2. The summed E-state index contributed by atoms with van der Waals surface area (Å²) in [4.78, 5) is 28.5. The van der Waals surface area contributed by atoms with Crippen LogP contribution in [-0.2, 0) is 19.6 Å². The van der Waals surface area contributed by atoms with E-state index in [9.17, 15) is 31.2 Å². The number of carbonyl (C=O) groups excluding carboxylic acids is 2. The number of esters is 1. The van der Waals surface area contributed by atoms with Crippen molar-refractivity contribution in [2.75, 3.05) is 29.9 Å². The van der Waals surface area contributed by atoms with Gasteiger partial charge in [-0.3, -0.25) is 14.8 Å². The van der Waals surface area contributed by atoms with Gasteiger partial charge < -0.3 is 14.2 Å². The van der Waals surface area contributed by atoms with Crippen LogP contribution in [0.25, 0.3) is 10.2 Å². The molecular weight excluding hydrogens is 563 g/mol. The molecule has 1 aliphatic rings. The first-order chi connectivity index (χ1) is 18.6. The first-order valence-corrected chi connectivity index (χ1v) is 13.3. The van der Waals surface area contributed by atoms with E-state index < -0.39 is 51.5 Å². The van der Waals surface area contributed by atoms with Gasteiger partial charge >= 0.3 is 5.97 Å².